The van der Waals surface area contributed by atoms with Crippen LogP contribution in [0.2, 0.25) is 0 Å². The van der Waals surface area contributed by atoms with Crippen LogP contribution in [0.15, 0.2) is 182 Å². The third kappa shape index (κ3) is 4.97. The zero-order valence-electron chi connectivity index (χ0n) is 31.4. The van der Waals surface area contributed by atoms with E-state index >= 15 is 0 Å². The summed E-state index contributed by atoms with van der Waals surface area (Å²) in [7, 11) is 0. The van der Waals surface area contributed by atoms with Crippen molar-refractivity contribution >= 4 is 106 Å². The van der Waals surface area contributed by atoms with Crippen molar-refractivity contribution in [1.29, 1.82) is 0 Å². The number of hydrogen-bond donors (Lipinski definition) is 0. The molecule has 13 aromatic rings. The molecule has 0 N–H and O–H groups in total. The van der Waals surface area contributed by atoms with Gasteiger partial charge in [0, 0.05) is 73.5 Å². The van der Waals surface area contributed by atoms with Gasteiger partial charge in [0.15, 0.2) is 17.5 Å². The number of rotatable bonds is 4. The molecule has 0 aliphatic carbocycles. The minimum atomic E-state index is 0.645. The molecule has 4 aromatic heterocycles. The van der Waals surface area contributed by atoms with E-state index in [2.05, 4.69) is 168 Å². The van der Waals surface area contributed by atoms with Crippen LogP contribution in [0.5, 0.6) is 0 Å². The second-order valence-corrected chi connectivity index (χ2v) is 17.3. The zero-order chi connectivity index (χ0) is 38.6. The number of hydrogen-bond acceptors (Lipinski definition) is 5. The van der Waals surface area contributed by atoms with Crippen molar-refractivity contribution < 1.29 is 0 Å². The molecule has 0 bridgehead atoms. The highest BCUT2D eigenvalue weighted by Gasteiger charge is 2.22. The van der Waals surface area contributed by atoms with Gasteiger partial charge in [-0.15, -0.1) is 22.7 Å². The first kappa shape index (κ1) is 32.8. The molecular formula is C53H30N4S2. The first-order chi connectivity index (χ1) is 29.2. The lowest BCUT2D eigenvalue weighted by atomic mass is 10.00. The van der Waals surface area contributed by atoms with E-state index in [9.17, 15) is 0 Å². The first-order valence-corrected chi connectivity index (χ1v) is 21.4. The third-order valence-electron chi connectivity index (χ3n) is 11.8. The molecule has 13 rings (SSSR count). The average Bonchev–Trinajstić information content (AvgIpc) is 3.98. The molecule has 0 amide bonds. The highest BCUT2D eigenvalue weighted by molar-refractivity contribution is 7.28. The zero-order valence-corrected chi connectivity index (χ0v) is 33.1. The summed E-state index contributed by atoms with van der Waals surface area (Å²) in [5.41, 5.74) is 6.28. The van der Waals surface area contributed by atoms with Crippen LogP contribution >= 0.6 is 22.7 Å². The molecule has 0 fully saturated rings. The van der Waals surface area contributed by atoms with Crippen LogP contribution in [-0.4, -0.2) is 19.5 Å². The molecule has 4 nitrogen and oxygen atoms in total. The molecule has 6 heteroatoms. The van der Waals surface area contributed by atoms with Gasteiger partial charge in [-0.1, -0.05) is 133 Å². The topological polar surface area (TPSA) is 43.6 Å². The fourth-order valence-corrected chi connectivity index (χ4v) is 11.5. The van der Waals surface area contributed by atoms with Gasteiger partial charge in [0.05, 0.1) is 11.0 Å². The molecule has 274 valence electrons. The van der Waals surface area contributed by atoms with Crippen molar-refractivity contribution in [3.8, 4) is 39.9 Å². The first-order valence-electron chi connectivity index (χ1n) is 19.8. The van der Waals surface area contributed by atoms with E-state index in [0.29, 0.717) is 17.5 Å². The van der Waals surface area contributed by atoms with Crippen molar-refractivity contribution in [3.05, 3.63) is 182 Å². The Morgan fingerprint density at radius 3 is 1.75 bits per heavy atom. The Hall–Kier alpha value is -7.25. The van der Waals surface area contributed by atoms with Crippen LogP contribution < -0.4 is 0 Å². The van der Waals surface area contributed by atoms with Gasteiger partial charge >= 0.3 is 0 Å². The Balaban J connectivity index is 1.14. The normalized spacial score (nSPS) is 12.1. The van der Waals surface area contributed by atoms with E-state index in [0.717, 1.165) is 43.5 Å². The third-order valence-corrected chi connectivity index (χ3v) is 14.2. The Morgan fingerprint density at radius 1 is 0.356 bits per heavy atom. The SMILES string of the molecule is c1ccc(-c2nc(-c3ccc4c(ccc5ccccc54)c3)nc(-c3cc(-n4c5ccccc5c5ccccc54)cc4c3sc3ccc5sc6ccccc6c5c34)n2)cc1. The van der Waals surface area contributed by atoms with Crippen LogP contribution in [0.3, 0.4) is 0 Å². The Labute approximate surface area is 345 Å². The van der Waals surface area contributed by atoms with Gasteiger partial charge in [-0.2, -0.15) is 0 Å². The van der Waals surface area contributed by atoms with Gasteiger partial charge in [0.2, 0.25) is 0 Å². The Bertz CT molecular complexity index is 3800. The molecule has 0 saturated carbocycles. The molecule has 9 aromatic carbocycles. The van der Waals surface area contributed by atoms with Crippen LogP contribution in [-0.2, 0) is 0 Å². The van der Waals surface area contributed by atoms with Gasteiger partial charge in [0.25, 0.3) is 0 Å². The number of fused-ring (bicyclic) bond motifs is 13. The minimum absolute atomic E-state index is 0.645. The number of thiophene rings is 2. The monoisotopic (exact) mass is 786 g/mol. The Morgan fingerprint density at radius 2 is 0.949 bits per heavy atom. The number of aromatic nitrogens is 4. The summed E-state index contributed by atoms with van der Waals surface area (Å²) in [4.78, 5) is 16.0. The van der Waals surface area contributed by atoms with Gasteiger partial charge in [-0.25, -0.2) is 15.0 Å². The molecule has 59 heavy (non-hydrogen) atoms. The quantitative estimate of drug-likeness (QED) is 0.167. The summed E-state index contributed by atoms with van der Waals surface area (Å²) in [6.45, 7) is 0. The van der Waals surface area contributed by atoms with Crippen molar-refractivity contribution in [2.75, 3.05) is 0 Å². The summed E-state index contributed by atoms with van der Waals surface area (Å²) in [6.07, 6.45) is 0. The predicted molar refractivity (Wildman–Crippen MR) is 251 cm³/mol. The average molecular weight is 787 g/mol. The van der Waals surface area contributed by atoms with Gasteiger partial charge < -0.3 is 4.57 Å². The van der Waals surface area contributed by atoms with Crippen molar-refractivity contribution in [2.24, 2.45) is 0 Å². The molecular weight excluding hydrogens is 757 g/mol. The largest absolute Gasteiger partial charge is 0.309 e. The summed E-state index contributed by atoms with van der Waals surface area (Å²) in [5.74, 6) is 1.94. The molecule has 0 atom stereocenters. The molecule has 0 aliphatic heterocycles. The minimum Gasteiger partial charge on any atom is -0.309 e. The molecule has 4 heterocycles. The maximum Gasteiger partial charge on any atom is 0.165 e. The van der Waals surface area contributed by atoms with Gasteiger partial charge in [-0.05, 0) is 70.1 Å². The van der Waals surface area contributed by atoms with Gasteiger partial charge in [0.1, 0.15) is 0 Å². The van der Waals surface area contributed by atoms with E-state index in [-0.39, 0.29) is 0 Å². The number of para-hydroxylation sites is 2. The number of nitrogens with zero attached hydrogens (tertiary/aromatic N) is 4. The van der Waals surface area contributed by atoms with Crippen LogP contribution in [0.1, 0.15) is 0 Å². The fraction of sp³-hybridized carbons (Fsp3) is 0. The van der Waals surface area contributed by atoms with E-state index in [4.69, 9.17) is 15.0 Å². The second-order valence-electron chi connectivity index (χ2n) is 15.1. The predicted octanol–water partition coefficient (Wildman–Crippen LogP) is 15.0. The molecule has 0 saturated heterocycles. The van der Waals surface area contributed by atoms with E-state index in [1.165, 1.54) is 62.6 Å². The van der Waals surface area contributed by atoms with E-state index in [1.807, 2.05) is 40.9 Å². The van der Waals surface area contributed by atoms with E-state index in [1.54, 1.807) is 0 Å². The molecule has 0 unspecified atom stereocenters. The highest BCUT2D eigenvalue weighted by Crippen LogP contribution is 2.48. The maximum atomic E-state index is 5.42. The lowest BCUT2D eigenvalue weighted by molar-refractivity contribution is 1.08. The summed E-state index contributed by atoms with van der Waals surface area (Å²) < 4.78 is 7.41. The maximum absolute atomic E-state index is 5.42. The van der Waals surface area contributed by atoms with Gasteiger partial charge in [-0.3, -0.25) is 0 Å². The highest BCUT2D eigenvalue weighted by atomic mass is 32.1. The second kappa shape index (κ2) is 12.6. The lowest BCUT2D eigenvalue weighted by Gasteiger charge is -2.13. The number of benzene rings is 9. The summed E-state index contributed by atoms with van der Waals surface area (Å²) in [5, 5.41) is 12.4. The molecule has 0 radical (unpaired) electrons. The summed E-state index contributed by atoms with van der Waals surface area (Å²) >= 11 is 3.69. The van der Waals surface area contributed by atoms with Crippen molar-refractivity contribution in [2.45, 2.75) is 0 Å². The lowest BCUT2D eigenvalue weighted by Crippen LogP contribution is -2.01. The summed E-state index contributed by atoms with van der Waals surface area (Å²) in [6, 6.07) is 65.4. The fourth-order valence-electron chi connectivity index (χ4n) is 9.16. The Kier molecular flexibility index (Phi) is 7.02. The van der Waals surface area contributed by atoms with Crippen molar-refractivity contribution in [3.63, 3.8) is 0 Å². The van der Waals surface area contributed by atoms with Crippen LogP contribution in [0.25, 0.3) is 124 Å². The standard InChI is InChI=1S/C53H30N4S2/c1-2-13-32(14-3-1)51-54-52(34-24-25-37-33(28-34)23-22-31-12-4-5-15-36(31)37)56-53(55-51)42-30-35(57-43-19-9-6-16-38(43)39-17-7-10-20-44(39)57)29-41-49-47(59-50(41)42)27-26-46-48(49)40-18-8-11-21-45(40)58-46/h1-30H. The molecule has 0 spiro atoms. The van der Waals surface area contributed by atoms with E-state index < -0.39 is 0 Å². The molecule has 0 aliphatic rings. The van der Waals surface area contributed by atoms with Crippen LogP contribution in [0, 0.1) is 0 Å². The smallest absolute Gasteiger partial charge is 0.165 e. The van der Waals surface area contributed by atoms with Crippen molar-refractivity contribution in [1.82, 2.24) is 19.5 Å². The van der Waals surface area contributed by atoms with Crippen LogP contribution in [0.4, 0.5) is 0 Å².